The standard InChI is InChI=1S/C20H29N5OP2/c1-12-6-14(24-17(26)7-13-8-21-9-13)11-25(10-12)16-3-2-15(20(27)28)18-19(16)23-5-4-22-18/h2-5,12-14,20-21H,6-11,27-28H2,1H3,(H,24,26)/t12-,14+/m0/s1. The van der Waals surface area contributed by atoms with Crippen LogP contribution < -0.4 is 15.5 Å². The highest BCUT2D eigenvalue weighted by Crippen LogP contribution is 2.37. The number of nitrogens with one attached hydrogen (secondary N) is 2. The SMILES string of the molecule is C[C@H]1C[C@@H](NC(=O)CC2CNC2)CN(c2ccc(C(P)P)c3nccnc23)C1. The Kier molecular flexibility index (Phi) is 6.10. The number of carbonyl (C=O) groups excluding carboxylic acids is 1. The highest BCUT2D eigenvalue weighted by atomic mass is 31.1. The molecule has 0 aliphatic carbocycles. The van der Waals surface area contributed by atoms with Crippen molar-refractivity contribution in [2.45, 2.75) is 31.2 Å². The first-order chi connectivity index (χ1) is 13.5. The van der Waals surface area contributed by atoms with Gasteiger partial charge < -0.3 is 15.5 Å². The van der Waals surface area contributed by atoms with E-state index < -0.39 is 0 Å². The number of hydrogen-bond donors (Lipinski definition) is 2. The predicted octanol–water partition coefficient (Wildman–Crippen LogP) is 2.32. The van der Waals surface area contributed by atoms with E-state index in [1.807, 2.05) is 0 Å². The van der Waals surface area contributed by atoms with Gasteiger partial charge in [-0.05, 0) is 43.0 Å². The van der Waals surface area contributed by atoms with Crippen LogP contribution in [0, 0.1) is 11.8 Å². The molecule has 2 aromatic rings. The molecule has 2 N–H and O–H groups in total. The maximum Gasteiger partial charge on any atom is 0.220 e. The highest BCUT2D eigenvalue weighted by molar-refractivity contribution is 7.37. The van der Waals surface area contributed by atoms with Gasteiger partial charge in [0, 0.05) is 43.3 Å². The summed E-state index contributed by atoms with van der Waals surface area (Å²) in [5.41, 5.74) is 4.16. The Balaban J connectivity index is 1.54. The quantitative estimate of drug-likeness (QED) is 0.731. The number of nitrogens with zero attached hydrogens (tertiary/aromatic N) is 3. The van der Waals surface area contributed by atoms with Crippen LogP contribution in [0.4, 0.5) is 5.69 Å². The Labute approximate surface area is 171 Å². The number of piperidine rings is 1. The average molecular weight is 417 g/mol. The zero-order valence-electron chi connectivity index (χ0n) is 16.3. The molecule has 28 heavy (non-hydrogen) atoms. The molecule has 2 unspecified atom stereocenters. The van der Waals surface area contributed by atoms with Crippen molar-refractivity contribution in [2.24, 2.45) is 11.8 Å². The van der Waals surface area contributed by atoms with Gasteiger partial charge in [-0.15, -0.1) is 18.5 Å². The molecule has 2 saturated heterocycles. The monoisotopic (exact) mass is 417 g/mol. The summed E-state index contributed by atoms with van der Waals surface area (Å²) in [6.45, 7) is 5.96. The maximum absolute atomic E-state index is 12.4. The van der Waals surface area contributed by atoms with E-state index in [4.69, 9.17) is 0 Å². The molecule has 0 saturated carbocycles. The lowest BCUT2D eigenvalue weighted by Gasteiger charge is -2.39. The van der Waals surface area contributed by atoms with Crippen LogP contribution in [0.1, 0.15) is 30.7 Å². The van der Waals surface area contributed by atoms with Gasteiger partial charge in [0.1, 0.15) is 5.52 Å². The fraction of sp³-hybridized carbons (Fsp3) is 0.550. The number of hydrogen-bond acceptors (Lipinski definition) is 5. The zero-order chi connectivity index (χ0) is 19.7. The van der Waals surface area contributed by atoms with E-state index in [-0.39, 0.29) is 17.3 Å². The highest BCUT2D eigenvalue weighted by Gasteiger charge is 2.29. The third-order valence-corrected chi connectivity index (χ3v) is 6.42. The van der Waals surface area contributed by atoms with E-state index in [0.717, 1.165) is 54.9 Å². The van der Waals surface area contributed by atoms with Gasteiger partial charge in [0.15, 0.2) is 0 Å². The molecular formula is C20H29N5OP2. The topological polar surface area (TPSA) is 70.2 Å². The van der Waals surface area contributed by atoms with Gasteiger partial charge in [0.25, 0.3) is 0 Å². The first-order valence-electron chi connectivity index (χ1n) is 10.0. The summed E-state index contributed by atoms with van der Waals surface area (Å²) in [6.07, 6.45) is 5.16. The first kappa shape index (κ1) is 19.9. The summed E-state index contributed by atoms with van der Waals surface area (Å²) in [5.74, 6) is 1.18. The molecule has 0 radical (unpaired) electrons. The zero-order valence-corrected chi connectivity index (χ0v) is 18.6. The van der Waals surface area contributed by atoms with E-state index in [1.165, 1.54) is 0 Å². The van der Waals surface area contributed by atoms with Crippen LogP contribution in [-0.4, -0.2) is 48.1 Å². The number of anilines is 1. The van der Waals surface area contributed by atoms with E-state index in [1.54, 1.807) is 12.4 Å². The van der Waals surface area contributed by atoms with Gasteiger partial charge >= 0.3 is 0 Å². The third-order valence-electron chi connectivity index (χ3n) is 5.70. The van der Waals surface area contributed by atoms with Crippen LogP contribution in [0.5, 0.6) is 0 Å². The Morgan fingerprint density at radius 2 is 2.00 bits per heavy atom. The van der Waals surface area contributed by atoms with Gasteiger partial charge in [-0.25, -0.2) is 0 Å². The molecule has 1 aromatic heterocycles. The van der Waals surface area contributed by atoms with Crippen LogP contribution in [-0.2, 0) is 4.79 Å². The van der Waals surface area contributed by atoms with Gasteiger partial charge in [-0.3, -0.25) is 14.8 Å². The number of benzene rings is 1. The van der Waals surface area contributed by atoms with Crippen molar-refractivity contribution in [1.82, 2.24) is 20.6 Å². The fourth-order valence-corrected chi connectivity index (χ4v) is 4.82. The fourth-order valence-electron chi connectivity index (χ4n) is 4.28. The molecule has 2 aliphatic rings. The number of carbonyl (C=O) groups is 1. The molecule has 0 bridgehead atoms. The van der Waals surface area contributed by atoms with Crippen molar-refractivity contribution in [3.05, 3.63) is 30.1 Å². The minimum atomic E-state index is 0.173. The first-order valence-corrected chi connectivity index (χ1v) is 11.3. The molecule has 4 rings (SSSR count). The van der Waals surface area contributed by atoms with Crippen LogP contribution >= 0.6 is 18.5 Å². The van der Waals surface area contributed by atoms with Crippen molar-refractivity contribution < 1.29 is 4.79 Å². The lowest BCUT2D eigenvalue weighted by atomic mass is 9.94. The van der Waals surface area contributed by atoms with Crippen LogP contribution in [0.3, 0.4) is 0 Å². The van der Waals surface area contributed by atoms with E-state index in [2.05, 4.69) is 63.0 Å². The molecule has 8 heteroatoms. The van der Waals surface area contributed by atoms with Crippen molar-refractivity contribution in [1.29, 1.82) is 0 Å². The summed E-state index contributed by atoms with van der Waals surface area (Å²) in [7, 11) is 5.62. The van der Waals surface area contributed by atoms with Gasteiger partial charge in [0.05, 0.1) is 11.2 Å². The van der Waals surface area contributed by atoms with Crippen molar-refractivity contribution in [2.75, 3.05) is 31.1 Å². The van der Waals surface area contributed by atoms with Gasteiger partial charge in [-0.1, -0.05) is 13.0 Å². The summed E-state index contributed by atoms with van der Waals surface area (Å²) in [5, 5.41) is 6.74. The summed E-state index contributed by atoms with van der Waals surface area (Å²) < 4.78 is 0. The molecule has 2 aliphatic heterocycles. The minimum Gasteiger partial charge on any atom is -0.367 e. The number of rotatable bonds is 5. The Hall–Kier alpha value is -1.35. The normalized spacial score (nSPS) is 23.1. The minimum absolute atomic E-state index is 0.173. The van der Waals surface area contributed by atoms with Crippen molar-refractivity contribution in [3.63, 3.8) is 0 Å². The molecule has 2 fully saturated rings. The number of amides is 1. The second kappa shape index (κ2) is 8.57. The Morgan fingerprint density at radius 1 is 1.25 bits per heavy atom. The van der Waals surface area contributed by atoms with Crippen LogP contribution in [0.15, 0.2) is 24.5 Å². The van der Waals surface area contributed by atoms with Crippen LogP contribution in [0.2, 0.25) is 0 Å². The smallest absolute Gasteiger partial charge is 0.220 e. The second-order valence-corrected chi connectivity index (χ2v) is 10.4. The summed E-state index contributed by atoms with van der Waals surface area (Å²) >= 11 is 0. The van der Waals surface area contributed by atoms with Gasteiger partial charge in [0.2, 0.25) is 5.91 Å². The Morgan fingerprint density at radius 3 is 2.68 bits per heavy atom. The third kappa shape index (κ3) is 4.30. The molecule has 6 nitrogen and oxygen atoms in total. The molecule has 0 spiro atoms. The van der Waals surface area contributed by atoms with E-state index in [9.17, 15) is 4.79 Å². The maximum atomic E-state index is 12.4. The lowest BCUT2D eigenvalue weighted by Crippen LogP contribution is -2.52. The molecule has 3 heterocycles. The molecule has 1 amide bonds. The number of fused-ring (bicyclic) bond motifs is 1. The Bertz CT molecular complexity index is 858. The average Bonchev–Trinajstić information content (AvgIpc) is 2.63. The second-order valence-electron chi connectivity index (χ2n) is 8.19. The van der Waals surface area contributed by atoms with Crippen molar-refractivity contribution >= 4 is 41.1 Å². The molecule has 1 aromatic carbocycles. The van der Waals surface area contributed by atoms with E-state index >= 15 is 0 Å². The number of aromatic nitrogens is 2. The molecule has 150 valence electrons. The molecular weight excluding hydrogens is 388 g/mol. The van der Waals surface area contributed by atoms with Crippen molar-refractivity contribution in [3.8, 4) is 0 Å². The summed E-state index contributed by atoms with van der Waals surface area (Å²) in [4.78, 5) is 24.0. The van der Waals surface area contributed by atoms with Crippen LogP contribution in [0.25, 0.3) is 11.0 Å². The lowest BCUT2D eigenvalue weighted by molar-refractivity contribution is -0.123. The largest absolute Gasteiger partial charge is 0.367 e. The van der Waals surface area contributed by atoms with E-state index in [0.29, 0.717) is 18.3 Å². The molecule has 4 atom stereocenters. The predicted molar refractivity (Wildman–Crippen MR) is 121 cm³/mol. The van der Waals surface area contributed by atoms with Gasteiger partial charge in [-0.2, -0.15) is 0 Å². The summed E-state index contributed by atoms with van der Waals surface area (Å²) in [6, 6.07) is 4.48.